The molecule has 0 aromatic carbocycles. The second-order valence-electron chi connectivity index (χ2n) is 19.9. The molecule has 0 aromatic rings. The molecule has 1 N–H and O–H groups in total. The van der Waals surface area contributed by atoms with Crippen molar-refractivity contribution in [1.82, 2.24) is 0 Å². The highest BCUT2D eigenvalue weighted by molar-refractivity contribution is 7.47. The number of allylic oxidation sites excluding steroid dienone is 12. The van der Waals surface area contributed by atoms with Gasteiger partial charge in [-0.05, 0) is 64.2 Å². The molecular weight excluding hydrogens is 882 g/mol. The van der Waals surface area contributed by atoms with Crippen LogP contribution < -0.4 is 0 Å². The molecule has 0 rings (SSSR count). The zero-order valence-corrected chi connectivity index (χ0v) is 46.2. The Bertz CT molecular complexity index is 1400. The zero-order chi connectivity index (χ0) is 50.6. The average molecular weight is 989 g/mol. The fourth-order valence-electron chi connectivity index (χ4n) is 7.67. The van der Waals surface area contributed by atoms with Crippen LogP contribution in [0.2, 0.25) is 0 Å². The summed E-state index contributed by atoms with van der Waals surface area (Å²) >= 11 is 0. The van der Waals surface area contributed by atoms with E-state index in [2.05, 4.69) is 86.8 Å². The fraction of sp³-hybridized carbons (Fsp3) is 0.763. The standard InChI is InChI=1S/C59H106NO8P/c1-6-8-10-12-14-16-18-20-22-24-26-27-28-29-30-31-32-33-34-36-38-40-42-44-46-48-50-52-59(62)68-57(56-67-69(63,64)66-54-53-60(3,4)5)55-65-58(61)51-49-47-45-43-41-39-37-35-25-23-21-19-17-15-13-11-9-7-2/h8,10,14,16,20,22,26-27,29-30,32-33,57H,6-7,9,11-13,15,17-19,21,23-25,28,31,34-56H2,1-5H3/p+1/b10-8-,16-14-,22-20-,27-26-,30-29-,33-32-. The van der Waals surface area contributed by atoms with E-state index in [0.29, 0.717) is 17.4 Å². The van der Waals surface area contributed by atoms with Crippen LogP contribution in [-0.4, -0.2) is 74.9 Å². The summed E-state index contributed by atoms with van der Waals surface area (Å²) in [6.45, 7) is 4.33. The number of esters is 2. The van der Waals surface area contributed by atoms with Crippen molar-refractivity contribution in [1.29, 1.82) is 0 Å². The third-order valence-electron chi connectivity index (χ3n) is 12.0. The zero-order valence-electron chi connectivity index (χ0n) is 45.3. The molecule has 0 aliphatic heterocycles. The van der Waals surface area contributed by atoms with Crippen molar-refractivity contribution in [3.05, 3.63) is 72.9 Å². The lowest BCUT2D eigenvalue weighted by molar-refractivity contribution is -0.870. The predicted octanol–water partition coefficient (Wildman–Crippen LogP) is 17.3. The highest BCUT2D eigenvalue weighted by Crippen LogP contribution is 2.43. The molecule has 0 aromatic heterocycles. The molecule has 0 saturated carbocycles. The molecule has 0 heterocycles. The minimum Gasteiger partial charge on any atom is -0.462 e. The number of carbonyl (C=O) groups is 2. The topological polar surface area (TPSA) is 108 Å². The lowest BCUT2D eigenvalue weighted by atomic mass is 10.0. The largest absolute Gasteiger partial charge is 0.472 e. The van der Waals surface area contributed by atoms with Gasteiger partial charge in [-0.3, -0.25) is 18.6 Å². The van der Waals surface area contributed by atoms with Gasteiger partial charge in [-0.25, -0.2) is 4.57 Å². The minimum absolute atomic E-state index is 0.0282. The molecule has 0 amide bonds. The van der Waals surface area contributed by atoms with Crippen LogP contribution in [0.25, 0.3) is 0 Å². The maximum Gasteiger partial charge on any atom is 0.472 e. The smallest absolute Gasteiger partial charge is 0.462 e. The number of likely N-dealkylation sites (N-methyl/N-ethyl adjacent to an activating group) is 1. The number of hydrogen-bond acceptors (Lipinski definition) is 7. The molecular formula is C59H107NO8P+. The average Bonchev–Trinajstić information content (AvgIpc) is 3.31. The predicted molar refractivity (Wildman–Crippen MR) is 293 cm³/mol. The van der Waals surface area contributed by atoms with Crippen molar-refractivity contribution in [3.63, 3.8) is 0 Å². The van der Waals surface area contributed by atoms with Crippen molar-refractivity contribution < 1.29 is 42.1 Å². The maximum absolute atomic E-state index is 12.8. The molecule has 400 valence electrons. The van der Waals surface area contributed by atoms with Crippen LogP contribution in [0.3, 0.4) is 0 Å². The first-order chi connectivity index (χ1) is 33.5. The monoisotopic (exact) mass is 989 g/mol. The van der Waals surface area contributed by atoms with E-state index in [1.54, 1.807) is 0 Å². The fourth-order valence-corrected chi connectivity index (χ4v) is 8.41. The molecule has 0 bridgehead atoms. The van der Waals surface area contributed by atoms with E-state index >= 15 is 0 Å². The Kier molecular flexibility index (Phi) is 48.5. The normalized spacial score (nSPS) is 13.9. The van der Waals surface area contributed by atoms with Crippen molar-refractivity contribution in [3.8, 4) is 0 Å². The molecule has 0 spiro atoms. The van der Waals surface area contributed by atoms with Gasteiger partial charge < -0.3 is 18.9 Å². The van der Waals surface area contributed by atoms with Crippen molar-refractivity contribution in [2.75, 3.05) is 47.5 Å². The van der Waals surface area contributed by atoms with Gasteiger partial charge in [0.25, 0.3) is 0 Å². The van der Waals surface area contributed by atoms with Gasteiger partial charge in [-0.2, -0.15) is 0 Å². The first-order valence-corrected chi connectivity index (χ1v) is 29.7. The number of phosphoric acid groups is 1. The Balaban J connectivity index is 4.21. The molecule has 2 unspecified atom stereocenters. The first-order valence-electron chi connectivity index (χ1n) is 28.2. The second kappa shape index (κ2) is 50.4. The summed E-state index contributed by atoms with van der Waals surface area (Å²) in [5.41, 5.74) is 0. The maximum atomic E-state index is 12.8. The molecule has 2 atom stereocenters. The Hall–Kier alpha value is -2.55. The van der Waals surface area contributed by atoms with E-state index in [9.17, 15) is 19.0 Å². The van der Waals surface area contributed by atoms with E-state index in [1.165, 1.54) is 122 Å². The number of rotatable bonds is 51. The number of ether oxygens (including phenoxy) is 2. The highest BCUT2D eigenvalue weighted by atomic mass is 31.2. The Morgan fingerprint density at radius 2 is 0.826 bits per heavy atom. The van der Waals surface area contributed by atoms with E-state index in [-0.39, 0.29) is 32.0 Å². The van der Waals surface area contributed by atoms with Gasteiger partial charge in [0.2, 0.25) is 0 Å². The number of phosphoric ester groups is 1. The summed E-state index contributed by atoms with van der Waals surface area (Å²) < 4.78 is 34.5. The molecule has 0 radical (unpaired) electrons. The third kappa shape index (κ3) is 54.6. The van der Waals surface area contributed by atoms with Gasteiger partial charge in [-0.1, -0.05) is 234 Å². The lowest BCUT2D eigenvalue weighted by Gasteiger charge is -2.24. The summed E-state index contributed by atoms with van der Waals surface area (Å²) in [6.07, 6.45) is 65.3. The molecule has 69 heavy (non-hydrogen) atoms. The van der Waals surface area contributed by atoms with Gasteiger partial charge in [0.1, 0.15) is 19.8 Å². The van der Waals surface area contributed by atoms with Crippen molar-refractivity contribution in [2.24, 2.45) is 0 Å². The lowest BCUT2D eigenvalue weighted by Crippen LogP contribution is -2.37. The van der Waals surface area contributed by atoms with Crippen LogP contribution >= 0.6 is 7.82 Å². The Morgan fingerprint density at radius 3 is 1.23 bits per heavy atom. The van der Waals surface area contributed by atoms with Gasteiger partial charge >= 0.3 is 19.8 Å². The summed E-state index contributed by atoms with van der Waals surface area (Å²) in [6, 6.07) is 0. The summed E-state index contributed by atoms with van der Waals surface area (Å²) in [4.78, 5) is 35.7. The molecule has 9 nitrogen and oxygen atoms in total. The van der Waals surface area contributed by atoms with Crippen molar-refractivity contribution in [2.45, 2.75) is 245 Å². The number of unbranched alkanes of at least 4 members (excludes halogenated alkanes) is 25. The molecule has 0 aliphatic carbocycles. The second-order valence-corrected chi connectivity index (χ2v) is 21.4. The van der Waals surface area contributed by atoms with E-state index in [4.69, 9.17) is 18.5 Å². The SMILES string of the molecule is CC/C=C\C/C=C\C/C=C\C/C=C\C/C=C\C/C=C\CCCCCCCCCCC(=O)OC(COC(=O)CCCCCCCCCCCCCCCCCCCC)COP(=O)(O)OCC[N+](C)(C)C. The molecule has 0 aliphatic rings. The quantitative estimate of drug-likeness (QED) is 0.0211. The van der Waals surface area contributed by atoms with Crippen LogP contribution in [-0.2, 0) is 32.7 Å². The van der Waals surface area contributed by atoms with Crippen molar-refractivity contribution >= 4 is 19.8 Å². The molecule has 0 saturated heterocycles. The van der Waals surface area contributed by atoms with Crippen LogP contribution in [0.5, 0.6) is 0 Å². The number of quaternary nitrogens is 1. The Morgan fingerprint density at radius 1 is 0.464 bits per heavy atom. The van der Waals surface area contributed by atoms with Crippen LogP contribution in [0.1, 0.15) is 239 Å². The minimum atomic E-state index is -4.39. The summed E-state index contributed by atoms with van der Waals surface area (Å²) in [5, 5.41) is 0. The summed E-state index contributed by atoms with van der Waals surface area (Å²) in [7, 11) is 1.47. The van der Waals surface area contributed by atoms with Gasteiger partial charge in [0.15, 0.2) is 6.10 Å². The van der Waals surface area contributed by atoms with Gasteiger partial charge in [0, 0.05) is 12.8 Å². The number of nitrogens with zero attached hydrogens (tertiary/aromatic N) is 1. The Labute approximate surface area is 425 Å². The van der Waals surface area contributed by atoms with Crippen LogP contribution in [0, 0.1) is 0 Å². The molecule has 0 fully saturated rings. The number of hydrogen-bond donors (Lipinski definition) is 1. The van der Waals surface area contributed by atoms with Gasteiger partial charge in [0.05, 0.1) is 27.7 Å². The van der Waals surface area contributed by atoms with E-state index in [0.717, 1.165) is 83.5 Å². The third-order valence-corrected chi connectivity index (χ3v) is 13.0. The van der Waals surface area contributed by atoms with E-state index < -0.39 is 26.5 Å². The van der Waals surface area contributed by atoms with Gasteiger partial charge in [-0.15, -0.1) is 0 Å². The van der Waals surface area contributed by atoms with E-state index in [1.807, 2.05) is 21.1 Å². The first kappa shape index (κ1) is 66.5. The van der Waals surface area contributed by atoms with Crippen LogP contribution in [0.4, 0.5) is 0 Å². The molecule has 10 heteroatoms. The van der Waals surface area contributed by atoms with Crippen LogP contribution in [0.15, 0.2) is 72.9 Å². The highest BCUT2D eigenvalue weighted by Gasteiger charge is 2.27. The number of carbonyl (C=O) groups excluding carboxylic acids is 2. The summed E-state index contributed by atoms with van der Waals surface area (Å²) in [5.74, 6) is -0.802.